The van der Waals surface area contributed by atoms with Gasteiger partial charge in [-0.1, -0.05) is 47.7 Å². The topological polar surface area (TPSA) is 56.7 Å². The van der Waals surface area contributed by atoms with Crippen molar-refractivity contribution >= 4 is 5.69 Å². The smallest absolute Gasteiger partial charge is 0.0892 e. The van der Waals surface area contributed by atoms with Crippen molar-refractivity contribution in [2.75, 3.05) is 5.73 Å². The maximum Gasteiger partial charge on any atom is 0.0892 e. The van der Waals surface area contributed by atoms with Gasteiger partial charge in [-0.25, -0.2) is 4.68 Å². The Bertz CT molecular complexity index is 686. The summed E-state index contributed by atoms with van der Waals surface area (Å²) in [5.41, 5.74) is 9.74. The number of nitrogens with two attached hydrogens (primary N) is 1. The van der Waals surface area contributed by atoms with E-state index in [0.29, 0.717) is 0 Å². The van der Waals surface area contributed by atoms with Crippen molar-refractivity contribution < 1.29 is 0 Å². The molecule has 3 rings (SSSR count). The molecule has 0 saturated heterocycles. The van der Waals surface area contributed by atoms with E-state index in [1.165, 1.54) is 5.56 Å². The van der Waals surface area contributed by atoms with Crippen LogP contribution in [0.2, 0.25) is 0 Å². The second-order valence-electron chi connectivity index (χ2n) is 4.77. The van der Waals surface area contributed by atoms with Gasteiger partial charge in [-0.15, -0.1) is 5.10 Å². The van der Waals surface area contributed by atoms with Crippen LogP contribution in [-0.4, -0.2) is 15.0 Å². The van der Waals surface area contributed by atoms with E-state index in [4.69, 9.17) is 5.73 Å². The third-order valence-corrected chi connectivity index (χ3v) is 3.43. The van der Waals surface area contributed by atoms with Crippen LogP contribution in [0, 0.1) is 0 Å². The van der Waals surface area contributed by atoms with E-state index >= 15 is 0 Å². The minimum atomic E-state index is 0.131. The fourth-order valence-electron chi connectivity index (χ4n) is 2.26. The molecule has 0 aliphatic carbocycles. The van der Waals surface area contributed by atoms with E-state index in [0.717, 1.165) is 16.9 Å². The molecule has 0 saturated carbocycles. The fraction of sp³-hybridized carbons (Fsp3) is 0.125. The molecule has 0 aliphatic heterocycles. The highest BCUT2D eigenvalue weighted by molar-refractivity contribution is 5.61. The van der Waals surface area contributed by atoms with E-state index in [9.17, 15) is 0 Å². The fourth-order valence-corrected chi connectivity index (χ4v) is 2.26. The average Bonchev–Trinajstić information content (AvgIpc) is 2.97. The van der Waals surface area contributed by atoms with Gasteiger partial charge < -0.3 is 5.73 Å². The third kappa shape index (κ3) is 2.28. The predicted molar refractivity (Wildman–Crippen MR) is 80.1 cm³/mol. The zero-order chi connectivity index (χ0) is 13.9. The summed E-state index contributed by atoms with van der Waals surface area (Å²) < 4.78 is 1.93. The first-order chi connectivity index (χ1) is 9.75. The molecule has 0 amide bonds. The quantitative estimate of drug-likeness (QED) is 0.739. The Morgan fingerprint density at radius 2 is 1.70 bits per heavy atom. The average molecular weight is 264 g/mol. The molecule has 0 spiro atoms. The standard InChI is InChI=1S/C16H16N4/c1-12(13-5-3-2-4-6-13)20-16(11-18-19-20)14-7-9-15(17)10-8-14/h2-12H,17H2,1H3. The molecular weight excluding hydrogens is 248 g/mol. The number of aromatic nitrogens is 3. The van der Waals surface area contributed by atoms with E-state index in [2.05, 4.69) is 29.4 Å². The van der Waals surface area contributed by atoms with Crippen LogP contribution in [0.4, 0.5) is 5.69 Å². The van der Waals surface area contributed by atoms with Crippen molar-refractivity contribution in [3.63, 3.8) is 0 Å². The molecule has 2 aromatic carbocycles. The van der Waals surface area contributed by atoms with Gasteiger partial charge in [0.05, 0.1) is 17.9 Å². The first-order valence-electron chi connectivity index (χ1n) is 6.57. The lowest BCUT2D eigenvalue weighted by atomic mass is 10.1. The van der Waals surface area contributed by atoms with E-state index in [1.54, 1.807) is 6.20 Å². The van der Waals surface area contributed by atoms with Gasteiger partial charge in [0.2, 0.25) is 0 Å². The van der Waals surface area contributed by atoms with Crippen molar-refractivity contribution in [2.45, 2.75) is 13.0 Å². The number of nitrogen functional groups attached to an aromatic ring is 1. The molecular formula is C16H16N4. The van der Waals surface area contributed by atoms with Gasteiger partial charge in [0.25, 0.3) is 0 Å². The lowest BCUT2D eigenvalue weighted by Crippen LogP contribution is -2.10. The Hall–Kier alpha value is -2.62. The van der Waals surface area contributed by atoms with Gasteiger partial charge in [0.1, 0.15) is 0 Å². The van der Waals surface area contributed by atoms with Gasteiger partial charge in [0, 0.05) is 11.3 Å². The summed E-state index contributed by atoms with van der Waals surface area (Å²) in [5, 5.41) is 8.28. The van der Waals surface area contributed by atoms with Crippen molar-refractivity contribution in [3.8, 4) is 11.3 Å². The van der Waals surface area contributed by atoms with Crippen molar-refractivity contribution in [2.24, 2.45) is 0 Å². The van der Waals surface area contributed by atoms with Crippen molar-refractivity contribution in [1.29, 1.82) is 0 Å². The van der Waals surface area contributed by atoms with E-state index < -0.39 is 0 Å². The summed E-state index contributed by atoms with van der Waals surface area (Å²) in [6.45, 7) is 2.12. The third-order valence-electron chi connectivity index (χ3n) is 3.43. The minimum Gasteiger partial charge on any atom is -0.399 e. The Labute approximate surface area is 117 Å². The summed E-state index contributed by atoms with van der Waals surface area (Å²) in [6.07, 6.45) is 1.78. The van der Waals surface area contributed by atoms with Crippen molar-refractivity contribution in [3.05, 3.63) is 66.4 Å². The molecule has 1 aromatic heterocycles. The van der Waals surface area contributed by atoms with Crippen LogP contribution >= 0.6 is 0 Å². The number of rotatable bonds is 3. The zero-order valence-electron chi connectivity index (χ0n) is 11.3. The maximum absolute atomic E-state index is 5.73. The summed E-state index contributed by atoms with van der Waals surface area (Å²) in [6, 6.07) is 18.2. The SMILES string of the molecule is CC(c1ccccc1)n1nncc1-c1ccc(N)cc1. The Morgan fingerprint density at radius 3 is 2.40 bits per heavy atom. The summed E-state index contributed by atoms with van der Waals surface area (Å²) in [7, 11) is 0. The monoisotopic (exact) mass is 264 g/mol. The molecule has 20 heavy (non-hydrogen) atoms. The Morgan fingerprint density at radius 1 is 1.00 bits per heavy atom. The molecule has 4 heteroatoms. The Balaban J connectivity index is 2.00. The lowest BCUT2D eigenvalue weighted by molar-refractivity contribution is 0.548. The van der Waals surface area contributed by atoms with Gasteiger partial charge >= 0.3 is 0 Å². The number of benzene rings is 2. The predicted octanol–water partition coefficient (Wildman–Crippen LogP) is 3.14. The first-order valence-corrected chi connectivity index (χ1v) is 6.57. The maximum atomic E-state index is 5.73. The molecule has 1 heterocycles. The van der Waals surface area contributed by atoms with Gasteiger partial charge in [-0.05, 0) is 24.6 Å². The largest absolute Gasteiger partial charge is 0.399 e. The zero-order valence-corrected chi connectivity index (χ0v) is 11.3. The van der Waals surface area contributed by atoms with E-state index in [1.807, 2.05) is 47.1 Å². The highest BCUT2D eigenvalue weighted by atomic mass is 15.4. The van der Waals surface area contributed by atoms with Crippen LogP contribution in [0.15, 0.2) is 60.8 Å². The molecule has 0 radical (unpaired) electrons. The normalized spacial score (nSPS) is 12.2. The van der Waals surface area contributed by atoms with Crippen LogP contribution in [0.25, 0.3) is 11.3 Å². The molecule has 4 nitrogen and oxygen atoms in total. The molecule has 100 valence electrons. The highest BCUT2D eigenvalue weighted by Gasteiger charge is 2.14. The first kappa shape index (κ1) is 12.4. The van der Waals surface area contributed by atoms with Crippen LogP contribution in [0.1, 0.15) is 18.5 Å². The minimum absolute atomic E-state index is 0.131. The van der Waals surface area contributed by atoms with Crippen LogP contribution in [-0.2, 0) is 0 Å². The molecule has 0 aliphatic rings. The lowest BCUT2D eigenvalue weighted by Gasteiger charge is -2.15. The second-order valence-corrected chi connectivity index (χ2v) is 4.77. The van der Waals surface area contributed by atoms with Gasteiger partial charge in [0.15, 0.2) is 0 Å². The number of nitrogens with zero attached hydrogens (tertiary/aromatic N) is 3. The van der Waals surface area contributed by atoms with Crippen LogP contribution in [0.3, 0.4) is 0 Å². The van der Waals surface area contributed by atoms with Gasteiger partial charge in [-0.3, -0.25) is 0 Å². The van der Waals surface area contributed by atoms with Crippen molar-refractivity contribution in [1.82, 2.24) is 15.0 Å². The highest BCUT2D eigenvalue weighted by Crippen LogP contribution is 2.25. The molecule has 2 N–H and O–H groups in total. The van der Waals surface area contributed by atoms with Crippen LogP contribution in [0.5, 0.6) is 0 Å². The molecule has 0 fully saturated rings. The summed E-state index contributed by atoms with van der Waals surface area (Å²) in [4.78, 5) is 0. The molecule has 0 bridgehead atoms. The number of hydrogen-bond donors (Lipinski definition) is 1. The van der Waals surface area contributed by atoms with Crippen LogP contribution < -0.4 is 5.73 Å². The summed E-state index contributed by atoms with van der Waals surface area (Å²) >= 11 is 0. The second kappa shape index (κ2) is 5.17. The molecule has 3 aromatic rings. The Kier molecular flexibility index (Phi) is 3.21. The summed E-state index contributed by atoms with van der Waals surface area (Å²) in [5.74, 6) is 0. The van der Waals surface area contributed by atoms with Gasteiger partial charge in [-0.2, -0.15) is 0 Å². The number of anilines is 1. The molecule has 1 unspecified atom stereocenters. The molecule has 1 atom stereocenters. The van der Waals surface area contributed by atoms with E-state index in [-0.39, 0.29) is 6.04 Å². The number of hydrogen-bond acceptors (Lipinski definition) is 3.